The summed E-state index contributed by atoms with van der Waals surface area (Å²) in [6.07, 6.45) is 3.83. The molecule has 0 N–H and O–H groups in total. The van der Waals surface area contributed by atoms with E-state index in [1.807, 2.05) is 65.6 Å². The van der Waals surface area contributed by atoms with Gasteiger partial charge in [0.05, 0.1) is 19.0 Å². The molecule has 0 atom stereocenters. The summed E-state index contributed by atoms with van der Waals surface area (Å²) in [5, 5.41) is 5.10. The molecule has 0 fully saturated rings. The summed E-state index contributed by atoms with van der Waals surface area (Å²) in [7, 11) is 1.66. The van der Waals surface area contributed by atoms with Gasteiger partial charge in [0.25, 0.3) is 0 Å². The average Bonchev–Trinajstić information content (AvgIpc) is 2.98. The molecule has 1 aromatic heterocycles. The van der Waals surface area contributed by atoms with E-state index in [1.165, 1.54) is 0 Å². The van der Waals surface area contributed by atoms with Crippen LogP contribution < -0.4 is 4.74 Å². The molecule has 0 spiro atoms. The highest BCUT2D eigenvalue weighted by molar-refractivity contribution is 6.30. The molecule has 0 saturated carbocycles. The number of benzene rings is 2. The number of hydrogen-bond acceptors (Lipinski definition) is 2. The van der Waals surface area contributed by atoms with E-state index in [9.17, 15) is 0 Å². The summed E-state index contributed by atoms with van der Waals surface area (Å²) in [6, 6.07) is 15.5. The molecule has 3 rings (SSSR count). The first-order chi connectivity index (χ1) is 9.76. The molecule has 0 saturated heterocycles. The van der Waals surface area contributed by atoms with Gasteiger partial charge in [0, 0.05) is 16.8 Å². The number of hydrogen-bond donors (Lipinski definition) is 0. The molecule has 20 heavy (non-hydrogen) atoms. The van der Waals surface area contributed by atoms with Gasteiger partial charge in [-0.25, -0.2) is 4.68 Å². The van der Waals surface area contributed by atoms with Crippen molar-refractivity contribution in [2.24, 2.45) is 0 Å². The largest absolute Gasteiger partial charge is 0.497 e. The standard InChI is InChI=1S/C16H13ClN2O/c1-20-16-8-2-12(3-9-16)13-10-18-19(11-13)15-6-4-14(17)5-7-15/h2-11H,1H3. The fraction of sp³-hybridized carbons (Fsp3) is 0.0625. The summed E-state index contributed by atoms with van der Waals surface area (Å²) in [4.78, 5) is 0. The Morgan fingerprint density at radius 2 is 1.65 bits per heavy atom. The van der Waals surface area contributed by atoms with E-state index in [-0.39, 0.29) is 0 Å². The van der Waals surface area contributed by atoms with E-state index in [0.717, 1.165) is 27.6 Å². The van der Waals surface area contributed by atoms with Gasteiger partial charge in [-0.05, 0) is 42.0 Å². The van der Waals surface area contributed by atoms with Gasteiger partial charge >= 0.3 is 0 Å². The molecule has 0 bridgehead atoms. The highest BCUT2D eigenvalue weighted by Crippen LogP contribution is 2.23. The Hall–Kier alpha value is -2.26. The third kappa shape index (κ3) is 2.53. The van der Waals surface area contributed by atoms with Crippen LogP contribution in [0.5, 0.6) is 5.75 Å². The van der Waals surface area contributed by atoms with Crippen LogP contribution in [0.15, 0.2) is 60.9 Å². The number of ether oxygens (including phenoxy) is 1. The molecule has 0 aliphatic carbocycles. The minimum atomic E-state index is 0.719. The summed E-state index contributed by atoms with van der Waals surface area (Å²) < 4.78 is 6.99. The smallest absolute Gasteiger partial charge is 0.118 e. The summed E-state index contributed by atoms with van der Waals surface area (Å²) in [6.45, 7) is 0. The first-order valence-electron chi connectivity index (χ1n) is 6.21. The number of methoxy groups -OCH3 is 1. The van der Waals surface area contributed by atoms with Gasteiger partial charge in [-0.1, -0.05) is 23.7 Å². The van der Waals surface area contributed by atoms with Crippen LogP contribution in [0, 0.1) is 0 Å². The molecule has 2 aromatic carbocycles. The molecule has 0 aliphatic rings. The maximum Gasteiger partial charge on any atom is 0.118 e. The zero-order chi connectivity index (χ0) is 13.9. The quantitative estimate of drug-likeness (QED) is 0.721. The number of halogens is 1. The Labute approximate surface area is 122 Å². The Morgan fingerprint density at radius 1 is 0.950 bits per heavy atom. The Bertz CT molecular complexity index is 702. The lowest BCUT2D eigenvalue weighted by Crippen LogP contribution is -1.92. The molecule has 100 valence electrons. The minimum Gasteiger partial charge on any atom is -0.497 e. The summed E-state index contributed by atoms with van der Waals surface area (Å²) in [5.74, 6) is 0.846. The van der Waals surface area contributed by atoms with Crippen LogP contribution in [-0.4, -0.2) is 16.9 Å². The van der Waals surface area contributed by atoms with Crippen LogP contribution in [0.3, 0.4) is 0 Å². The van der Waals surface area contributed by atoms with Gasteiger partial charge in [0.2, 0.25) is 0 Å². The number of aromatic nitrogens is 2. The van der Waals surface area contributed by atoms with Crippen molar-refractivity contribution in [3.8, 4) is 22.6 Å². The Balaban J connectivity index is 1.91. The van der Waals surface area contributed by atoms with E-state index in [2.05, 4.69) is 5.10 Å². The zero-order valence-corrected chi connectivity index (χ0v) is 11.7. The Morgan fingerprint density at radius 3 is 2.30 bits per heavy atom. The van der Waals surface area contributed by atoms with Crippen LogP contribution in [0.25, 0.3) is 16.8 Å². The maximum absolute atomic E-state index is 5.89. The normalized spacial score (nSPS) is 10.5. The van der Waals surface area contributed by atoms with Crippen LogP contribution in [0.1, 0.15) is 0 Å². The van der Waals surface area contributed by atoms with Gasteiger partial charge in [-0.3, -0.25) is 0 Å². The average molecular weight is 285 g/mol. The predicted molar refractivity (Wildman–Crippen MR) is 80.6 cm³/mol. The molecular formula is C16H13ClN2O. The van der Waals surface area contributed by atoms with E-state index < -0.39 is 0 Å². The molecule has 1 heterocycles. The van der Waals surface area contributed by atoms with Gasteiger partial charge < -0.3 is 4.74 Å². The fourth-order valence-electron chi connectivity index (χ4n) is 1.99. The van der Waals surface area contributed by atoms with E-state index in [4.69, 9.17) is 16.3 Å². The van der Waals surface area contributed by atoms with Crippen molar-refractivity contribution in [2.75, 3.05) is 7.11 Å². The lowest BCUT2D eigenvalue weighted by atomic mass is 10.1. The summed E-state index contributed by atoms with van der Waals surface area (Å²) >= 11 is 5.89. The molecule has 4 heteroatoms. The van der Waals surface area contributed by atoms with Crippen molar-refractivity contribution >= 4 is 11.6 Å². The monoisotopic (exact) mass is 284 g/mol. The molecule has 0 unspecified atom stereocenters. The number of rotatable bonds is 3. The lowest BCUT2D eigenvalue weighted by molar-refractivity contribution is 0.415. The van der Waals surface area contributed by atoms with Crippen molar-refractivity contribution in [1.82, 2.24) is 9.78 Å². The third-order valence-electron chi connectivity index (χ3n) is 3.10. The van der Waals surface area contributed by atoms with E-state index in [1.54, 1.807) is 7.11 Å². The highest BCUT2D eigenvalue weighted by atomic mass is 35.5. The molecule has 0 radical (unpaired) electrons. The molecule has 0 amide bonds. The van der Waals surface area contributed by atoms with Crippen molar-refractivity contribution in [1.29, 1.82) is 0 Å². The fourth-order valence-corrected chi connectivity index (χ4v) is 2.12. The van der Waals surface area contributed by atoms with Gasteiger partial charge in [0.1, 0.15) is 5.75 Å². The van der Waals surface area contributed by atoms with E-state index in [0.29, 0.717) is 0 Å². The van der Waals surface area contributed by atoms with Crippen molar-refractivity contribution < 1.29 is 4.74 Å². The first kappa shape index (κ1) is 12.8. The summed E-state index contributed by atoms with van der Waals surface area (Å²) in [5.41, 5.74) is 3.14. The highest BCUT2D eigenvalue weighted by Gasteiger charge is 2.03. The number of nitrogens with zero attached hydrogens (tertiary/aromatic N) is 2. The van der Waals surface area contributed by atoms with E-state index >= 15 is 0 Å². The topological polar surface area (TPSA) is 27.1 Å². The van der Waals surface area contributed by atoms with Gasteiger partial charge in [-0.15, -0.1) is 0 Å². The van der Waals surface area contributed by atoms with Crippen molar-refractivity contribution in [2.45, 2.75) is 0 Å². The SMILES string of the molecule is COc1ccc(-c2cnn(-c3ccc(Cl)cc3)c2)cc1. The van der Waals surface area contributed by atoms with Crippen molar-refractivity contribution in [3.05, 3.63) is 65.9 Å². The van der Waals surface area contributed by atoms with Crippen LogP contribution in [-0.2, 0) is 0 Å². The molecule has 3 aromatic rings. The van der Waals surface area contributed by atoms with Crippen LogP contribution in [0.4, 0.5) is 0 Å². The van der Waals surface area contributed by atoms with Gasteiger partial charge in [-0.2, -0.15) is 5.10 Å². The second kappa shape index (κ2) is 5.39. The predicted octanol–water partition coefficient (Wildman–Crippen LogP) is 4.20. The first-order valence-corrected chi connectivity index (χ1v) is 6.59. The molecular weight excluding hydrogens is 272 g/mol. The Kier molecular flexibility index (Phi) is 3.44. The second-order valence-corrected chi connectivity index (χ2v) is 4.81. The molecule has 3 nitrogen and oxygen atoms in total. The van der Waals surface area contributed by atoms with Crippen LogP contribution in [0.2, 0.25) is 5.02 Å². The third-order valence-corrected chi connectivity index (χ3v) is 3.35. The minimum absolute atomic E-state index is 0.719. The second-order valence-electron chi connectivity index (χ2n) is 4.38. The van der Waals surface area contributed by atoms with Crippen LogP contribution >= 0.6 is 11.6 Å². The van der Waals surface area contributed by atoms with Crippen molar-refractivity contribution in [3.63, 3.8) is 0 Å². The lowest BCUT2D eigenvalue weighted by Gasteiger charge is -2.02. The van der Waals surface area contributed by atoms with Gasteiger partial charge in [0.15, 0.2) is 0 Å². The molecule has 0 aliphatic heterocycles. The zero-order valence-electron chi connectivity index (χ0n) is 11.0. The maximum atomic E-state index is 5.89.